The minimum absolute atomic E-state index is 0.215. The monoisotopic (exact) mass is 417 g/mol. The number of carbonyl (C=O) groups excluding carboxylic acids is 1. The molecule has 1 amide bonds. The van der Waals surface area contributed by atoms with Crippen LogP contribution in [0.1, 0.15) is 29.4 Å². The predicted molar refractivity (Wildman–Crippen MR) is 115 cm³/mol. The number of aromatic amines is 1. The summed E-state index contributed by atoms with van der Waals surface area (Å²) < 4.78 is 7.66. The molecule has 0 bridgehead atoms. The van der Waals surface area contributed by atoms with E-state index in [1.807, 2.05) is 29.1 Å². The molecule has 31 heavy (non-hydrogen) atoms. The lowest BCUT2D eigenvalue weighted by molar-refractivity contribution is 0.0997. The van der Waals surface area contributed by atoms with E-state index in [0.717, 1.165) is 18.4 Å². The van der Waals surface area contributed by atoms with Gasteiger partial charge in [-0.15, -0.1) is 0 Å². The lowest BCUT2D eigenvalue weighted by atomic mass is 9.86. The zero-order valence-electron chi connectivity index (χ0n) is 17.3. The molecule has 5 rings (SSSR count). The summed E-state index contributed by atoms with van der Waals surface area (Å²) in [5.41, 5.74) is 2.74. The fourth-order valence-electron chi connectivity index (χ4n) is 3.74. The molecule has 0 atom stereocenters. The van der Waals surface area contributed by atoms with Gasteiger partial charge < -0.3 is 14.6 Å². The van der Waals surface area contributed by atoms with E-state index in [2.05, 4.69) is 39.5 Å². The molecule has 1 saturated carbocycles. The second-order valence-corrected chi connectivity index (χ2v) is 7.93. The van der Waals surface area contributed by atoms with Crippen molar-refractivity contribution < 1.29 is 9.21 Å². The van der Waals surface area contributed by atoms with Crippen molar-refractivity contribution in [2.45, 2.75) is 24.9 Å². The number of H-pyrrole nitrogens is 1. The first-order valence-corrected chi connectivity index (χ1v) is 10.2. The first kappa shape index (κ1) is 19.3. The van der Waals surface area contributed by atoms with Crippen LogP contribution < -0.4 is 5.32 Å². The van der Waals surface area contributed by atoms with E-state index < -0.39 is 0 Å². The van der Waals surface area contributed by atoms with E-state index in [9.17, 15) is 4.79 Å². The van der Waals surface area contributed by atoms with E-state index in [4.69, 9.17) is 9.52 Å². The van der Waals surface area contributed by atoms with Crippen LogP contribution in [0, 0.1) is 0 Å². The Morgan fingerprint density at radius 1 is 1.26 bits per heavy atom. The van der Waals surface area contributed by atoms with Crippen molar-refractivity contribution in [3.63, 3.8) is 0 Å². The highest BCUT2D eigenvalue weighted by Gasteiger charge is 2.33. The van der Waals surface area contributed by atoms with E-state index in [1.54, 1.807) is 30.7 Å². The zero-order chi connectivity index (χ0) is 21.4. The third-order valence-electron chi connectivity index (χ3n) is 5.69. The molecular weight excluding hydrogens is 394 g/mol. The molecule has 0 saturated heterocycles. The van der Waals surface area contributed by atoms with Gasteiger partial charge in [0.1, 0.15) is 11.5 Å². The molecule has 0 unspecified atom stereocenters. The van der Waals surface area contributed by atoms with Crippen molar-refractivity contribution in [1.82, 2.24) is 29.9 Å². The molecule has 0 aromatic carbocycles. The van der Waals surface area contributed by atoms with Crippen molar-refractivity contribution in [3.8, 4) is 22.7 Å². The molecule has 2 N–H and O–H groups in total. The molecule has 1 aliphatic rings. The second-order valence-electron chi connectivity index (χ2n) is 7.93. The average Bonchev–Trinajstić information content (AvgIpc) is 3.48. The van der Waals surface area contributed by atoms with Crippen molar-refractivity contribution in [3.05, 3.63) is 60.9 Å². The van der Waals surface area contributed by atoms with Crippen LogP contribution in [0.3, 0.4) is 0 Å². The van der Waals surface area contributed by atoms with Gasteiger partial charge in [-0.3, -0.25) is 19.6 Å². The lowest BCUT2D eigenvalue weighted by Crippen LogP contribution is -2.41. The number of carbonyl (C=O) groups is 1. The van der Waals surface area contributed by atoms with Gasteiger partial charge in [-0.05, 0) is 51.2 Å². The number of furan rings is 1. The SMILES string of the molecule is CN(C)C1CC(n2cc(NC(=O)c3ccc(-c4cn[nH]c4)o3)c(-c3ccccn3)n2)C1. The van der Waals surface area contributed by atoms with Gasteiger partial charge >= 0.3 is 0 Å². The molecule has 4 aromatic rings. The highest BCUT2D eigenvalue weighted by Crippen LogP contribution is 2.37. The Labute approximate surface area is 179 Å². The van der Waals surface area contributed by atoms with Crippen LogP contribution in [-0.4, -0.2) is 55.9 Å². The quantitative estimate of drug-likeness (QED) is 0.498. The van der Waals surface area contributed by atoms with Gasteiger partial charge in [0.2, 0.25) is 0 Å². The topological polar surface area (TPSA) is 105 Å². The van der Waals surface area contributed by atoms with Crippen molar-refractivity contribution in [2.24, 2.45) is 0 Å². The number of anilines is 1. The molecule has 158 valence electrons. The summed E-state index contributed by atoms with van der Waals surface area (Å²) in [5, 5.41) is 14.4. The lowest BCUT2D eigenvalue weighted by Gasteiger charge is -2.39. The van der Waals surface area contributed by atoms with Gasteiger partial charge in [-0.1, -0.05) is 6.07 Å². The molecule has 4 aromatic heterocycles. The molecule has 1 aliphatic carbocycles. The maximum Gasteiger partial charge on any atom is 0.291 e. The Kier molecular flexibility index (Phi) is 4.87. The molecule has 1 fully saturated rings. The zero-order valence-corrected chi connectivity index (χ0v) is 17.3. The third-order valence-corrected chi connectivity index (χ3v) is 5.69. The summed E-state index contributed by atoms with van der Waals surface area (Å²) in [6.45, 7) is 0. The predicted octanol–water partition coefficient (Wildman–Crippen LogP) is 3.45. The molecule has 4 heterocycles. The Hall–Kier alpha value is -3.72. The summed E-state index contributed by atoms with van der Waals surface area (Å²) in [4.78, 5) is 19.5. The summed E-state index contributed by atoms with van der Waals surface area (Å²) >= 11 is 0. The second kappa shape index (κ2) is 7.84. The number of hydrogen-bond acceptors (Lipinski definition) is 6. The van der Waals surface area contributed by atoms with Gasteiger partial charge in [-0.2, -0.15) is 10.2 Å². The standard InChI is InChI=1S/C22H23N7O2/c1-28(2)15-9-16(10-15)29-13-18(21(27-29)17-5-3-4-8-23-17)26-22(30)20-7-6-19(31-20)14-11-24-25-12-14/h3-8,11-13,15-16H,9-10H2,1-2H3,(H,24,25)(H,26,30). The highest BCUT2D eigenvalue weighted by atomic mass is 16.3. The molecule has 0 spiro atoms. The van der Waals surface area contributed by atoms with Crippen LogP contribution in [0.4, 0.5) is 5.69 Å². The van der Waals surface area contributed by atoms with Crippen molar-refractivity contribution >= 4 is 11.6 Å². The Balaban J connectivity index is 1.40. The fourth-order valence-corrected chi connectivity index (χ4v) is 3.74. The molecular formula is C22H23N7O2. The van der Waals surface area contributed by atoms with E-state index in [-0.39, 0.29) is 11.7 Å². The number of nitrogens with one attached hydrogen (secondary N) is 2. The third kappa shape index (κ3) is 3.75. The van der Waals surface area contributed by atoms with Crippen LogP contribution >= 0.6 is 0 Å². The minimum atomic E-state index is -0.341. The van der Waals surface area contributed by atoms with Crippen LogP contribution in [-0.2, 0) is 0 Å². The first-order chi connectivity index (χ1) is 15.1. The highest BCUT2D eigenvalue weighted by molar-refractivity contribution is 6.04. The number of rotatable bonds is 6. The van der Waals surface area contributed by atoms with Gasteiger partial charge in [-0.25, -0.2) is 0 Å². The normalized spacial score (nSPS) is 18.2. The number of nitrogens with zero attached hydrogens (tertiary/aromatic N) is 5. The van der Waals surface area contributed by atoms with Gasteiger partial charge in [0, 0.05) is 24.6 Å². The van der Waals surface area contributed by atoms with E-state index in [1.165, 1.54) is 0 Å². The maximum atomic E-state index is 12.9. The maximum absolute atomic E-state index is 12.9. The first-order valence-electron chi connectivity index (χ1n) is 10.2. The Morgan fingerprint density at radius 2 is 2.13 bits per heavy atom. The average molecular weight is 417 g/mol. The summed E-state index contributed by atoms with van der Waals surface area (Å²) in [6.07, 6.45) is 9.01. The summed E-state index contributed by atoms with van der Waals surface area (Å²) in [5.74, 6) is 0.447. The minimum Gasteiger partial charge on any atom is -0.451 e. The molecule has 0 radical (unpaired) electrons. The van der Waals surface area contributed by atoms with Crippen LogP contribution in [0.25, 0.3) is 22.7 Å². The number of pyridine rings is 1. The van der Waals surface area contributed by atoms with Crippen molar-refractivity contribution in [1.29, 1.82) is 0 Å². The number of aromatic nitrogens is 5. The van der Waals surface area contributed by atoms with Gasteiger partial charge in [0.05, 0.1) is 29.2 Å². The molecule has 0 aliphatic heterocycles. The van der Waals surface area contributed by atoms with Crippen LogP contribution in [0.5, 0.6) is 0 Å². The Bertz CT molecular complexity index is 1170. The summed E-state index contributed by atoms with van der Waals surface area (Å²) in [7, 11) is 4.19. The van der Waals surface area contributed by atoms with Crippen molar-refractivity contribution in [2.75, 3.05) is 19.4 Å². The van der Waals surface area contributed by atoms with E-state index >= 15 is 0 Å². The van der Waals surface area contributed by atoms with Crippen LogP contribution in [0.15, 0.2) is 59.5 Å². The van der Waals surface area contributed by atoms with E-state index in [0.29, 0.717) is 34.9 Å². The molecule has 9 nitrogen and oxygen atoms in total. The summed E-state index contributed by atoms with van der Waals surface area (Å²) in [6, 6.07) is 9.89. The fraction of sp³-hybridized carbons (Fsp3) is 0.273. The Morgan fingerprint density at radius 3 is 2.84 bits per heavy atom. The van der Waals surface area contributed by atoms with Gasteiger partial charge in [0.15, 0.2) is 5.76 Å². The van der Waals surface area contributed by atoms with Crippen LogP contribution in [0.2, 0.25) is 0 Å². The molecule has 9 heteroatoms. The number of hydrogen-bond donors (Lipinski definition) is 2. The number of amides is 1. The largest absolute Gasteiger partial charge is 0.451 e. The smallest absolute Gasteiger partial charge is 0.291 e. The van der Waals surface area contributed by atoms with Gasteiger partial charge in [0.25, 0.3) is 5.91 Å².